The minimum atomic E-state index is -3.73. The van der Waals surface area contributed by atoms with Crippen molar-refractivity contribution in [2.24, 2.45) is 5.14 Å². The van der Waals surface area contributed by atoms with E-state index in [1.807, 2.05) is 20.8 Å². The van der Waals surface area contributed by atoms with Crippen LogP contribution in [0.25, 0.3) is 0 Å². The Labute approximate surface area is 113 Å². The summed E-state index contributed by atoms with van der Waals surface area (Å²) >= 11 is 0. The molecule has 0 fully saturated rings. The zero-order valence-electron chi connectivity index (χ0n) is 11.4. The van der Waals surface area contributed by atoms with Gasteiger partial charge in [-0.15, -0.1) is 0 Å². The molecule has 2 amide bonds. The van der Waals surface area contributed by atoms with Crippen LogP contribution in [-0.4, -0.2) is 20.0 Å². The summed E-state index contributed by atoms with van der Waals surface area (Å²) in [5.41, 5.74) is 0.808. The van der Waals surface area contributed by atoms with Gasteiger partial charge in [-0.1, -0.05) is 0 Å². The van der Waals surface area contributed by atoms with E-state index in [4.69, 9.17) is 5.14 Å². The van der Waals surface area contributed by atoms with Gasteiger partial charge in [-0.3, -0.25) is 0 Å². The topological polar surface area (TPSA) is 101 Å². The molecule has 19 heavy (non-hydrogen) atoms. The largest absolute Gasteiger partial charge is 0.333 e. The Hall–Kier alpha value is -1.60. The fraction of sp³-hybridized carbons (Fsp3) is 0.417. The molecule has 0 aliphatic carbocycles. The van der Waals surface area contributed by atoms with Crippen LogP contribution >= 0.6 is 0 Å². The maximum atomic E-state index is 11.7. The second-order valence-electron chi connectivity index (χ2n) is 5.35. The van der Waals surface area contributed by atoms with Crippen molar-refractivity contribution in [1.82, 2.24) is 5.32 Å². The van der Waals surface area contributed by atoms with Crippen LogP contribution in [-0.2, 0) is 10.0 Å². The molecule has 106 valence electrons. The summed E-state index contributed by atoms with van der Waals surface area (Å²) < 4.78 is 22.4. The van der Waals surface area contributed by atoms with E-state index in [1.54, 1.807) is 6.92 Å². The van der Waals surface area contributed by atoms with Crippen molar-refractivity contribution in [2.75, 3.05) is 5.32 Å². The van der Waals surface area contributed by atoms with E-state index in [0.29, 0.717) is 11.3 Å². The van der Waals surface area contributed by atoms with Gasteiger partial charge in [-0.2, -0.15) is 0 Å². The van der Waals surface area contributed by atoms with Gasteiger partial charge in [-0.05, 0) is 51.5 Å². The van der Waals surface area contributed by atoms with E-state index < -0.39 is 10.0 Å². The first kappa shape index (κ1) is 15.5. The third-order valence-corrected chi connectivity index (χ3v) is 3.17. The highest BCUT2D eigenvalue weighted by atomic mass is 32.2. The summed E-state index contributed by atoms with van der Waals surface area (Å²) in [6.45, 7) is 7.29. The molecule has 0 aromatic heterocycles. The predicted octanol–water partition coefficient (Wildman–Crippen LogP) is 1.56. The lowest BCUT2D eigenvalue weighted by Gasteiger charge is -2.21. The normalized spacial score (nSPS) is 12.1. The van der Waals surface area contributed by atoms with Gasteiger partial charge in [0, 0.05) is 11.2 Å². The van der Waals surface area contributed by atoms with Crippen molar-refractivity contribution in [3.63, 3.8) is 0 Å². The standard InChI is InChI=1S/C12H19N3O3S/c1-8-7-9(19(13,17)18)5-6-10(8)14-11(16)15-12(2,3)4/h5-7H,1-4H3,(H2,13,17,18)(H2,14,15,16). The Bertz CT molecular complexity index is 589. The number of carbonyl (C=O) groups is 1. The van der Waals surface area contributed by atoms with E-state index in [-0.39, 0.29) is 16.5 Å². The zero-order chi connectivity index (χ0) is 14.8. The summed E-state index contributed by atoms with van der Waals surface area (Å²) in [7, 11) is -3.73. The van der Waals surface area contributed by atoms with Crippen molar-refractivity contribution in [2.45, 2.75) is 38.1 Å². The average molecular weight is 285 g/mol. The number of nitrogens with one attached hydrogen (secondary N) is 2. The monoisotopic (exact) mass is 285 g/mol. The van der Waals surface area contributed by atoms with Crippen molar-refractivity contribution < 1.29 is 13.2 Å². The first-order valence-electron chi connectivity index (χ1n) is 5.72. The Morgan fingerprint density at radius 2 is 1.84 bits per heavy atom. The molecular weight excluding hydrogens is 266 g/mol. The van der Waals surface area contributed by atoms with Crippen LogP contribution < -0.4 is 15.8 Å². The fourth-order valence-electron chi connectivity index (χ4n) is 1.45. The third kappa shape index (κ3) is 4.88. The number of anilines is 1. The Kier molecular flexibility index (Phi) is 4.21. The van der Waals surface area contributed by atoms with Crippen LogP contribution in [0, 0.1) is 6.92 Å². The number of sulfonamides is 1. The second-order valence-corrected chi connectivity index (χ2v) is 6.91. The Balaban J connectivity index is 2.90. The molecule has 1 rings (SSSR count). The predicted molar refractivity (Wildman–Crippen MR) is 74.5 cm³/mol. The molecule has 4 N–H and O–H groups in total. The summed E-state index contributed by atoms with van der Waals surface area (Å²) in [5.74, 6) is 0. The molecule has 1 aromatic rings. The van der Waals surface area contributed by atoms with Crippen LogP contribution in [0.15, 0.2) is 23.1 Å². The van der Waals surface area contributed by atoms with Crippen LogP contribution in [0.1, 0.15) is 26.3 Å². The highest BCUT2D eigenvalue weighted by molar-refractivity contribution is 7.89. The highest BCUT2D eigenvalue weighted by Crippen LogP contribution is 2.18. The third-order valence-electron chi connectivity index (χ3n) is 2.26. The number of rotatable bonds is 2. The lowest BCUT2D eigenvalue weighted by atomic mass is 10.1. The molecule has 0 bridgehead atoms. The molecule has 1 aromatic carbocycles. The molecule has 0 spiro atoms. The molecule has 6 nitrogen and oxygen atoms in total. The van der Waals surface area contributed by atoms with E-state index in [2.05, 4.69) is 10.6 Å². The van der Waals surface area contributed by atoms with Gasteiger partial charge in [0.15, 0.2) is 0 Å². The van der Waals surface area contributed by atoms with E-state index >= 15 is 0 Å². The second kappa shape index (κ2) is 5.18. The molecule has 7 heteroatoms. The van der Waals surface area contributed by atoms with Crippen LogP contribution in [0.3, 0.4) is 0 Å². The van der Waals surface area contributed by atoms with Gasteiger partial charge >= 0.3 is 6.03 Å². The van der Waals surface area contributed by atoms with Gasteiger partial charge in [0.2, 0.25) is 10.0 Å². The van der Waals surface area contributed by atoms with Crippen molar-refractivity contribution >= 4 is 21.7 Å². The molecule has 0 unspecified atom stereocenters. The van der Waals surface area contributed by atoms with Gasteiger partial charge in [0.1, 0.15) is 0 Å². The number of aryl methyl sites for hydroxylation is 1. The van der Waals surface area contributed by atoms with Crippen molar-refractivity contribution in [3.8, 4) is 0 Å². The van der Waals surface area contributed by atoms with Gasteiger partial charge in [0.25, 0.3) is 0 Å². The van der Waals surface area contributed by atoms with Crippen molar-refractivity contribution in [3.05, 3.63) is 23.8 Å². The number of primary sulfonamides is 1. The average Bonchev–Trinajstić information content (AvgIpc) is 2.16. The number of hydrogen-bond acceptors (Lipinski definition) is 3. The van der Waals surface area contributed by atoms with E-state index in [1.165, 1.54) is 18.2 Å². The van der Waals surface area contributed by atoms with Crippen molar-refractivity contribution in [1.29, 1.82) is 0 Å². The molecule has 0 aliphatic rings. The lowest BCUT2D eigenvalue weighted by molar-refractivity contribution is 0.244. The van der Waals surface area contributed by atoms with Crippen LogP contribution in [0.2, 0.25) is 0 Å². The SMILES string of the molecule is Cc1cc(S(N)(=O)=O)ccc1NC(=O)NC(C)(C)C. The van der Waals surface area contributed by atoms with Crippen LogP contribution in [0.5, 0.6) is 0 Å². The number of nitrogens with two attached hydrogens (primary N) is 1. The maximum absolute atomic E-state index is 11.7. The highest BCUT2D eigenvalue weighted by Gasteiger charge is 2.15. The molecule has 0 radical (unpaired) electrons. The quantitative estimate of drug-likeness (QED) is 0.768. The van der Waals surface area contributed by atoms with Gasteiger partial charge in [0.05, 0.1) is 4.90 Å². The molecule has 0 heterocycles. The number of amides is 2. The maximum Gasteiger partial charge on any atom is 0.319 e. The first-order valence-corrected chi connectivity index (χ1v) is 7.26. The number of urea groups is 1. The lowest BCUT2D eigenvalue weighted by Crippen LogP contribution is -2.43. The van der Waals surface area contributed by atoms with Crippen LogP contribution in [0.4, 0.5) is 10.5 Å². The Morgan fingerprint density at radius 3 is 2.26 bits per heavy atom. The summed E-state index contributed by atoms with van der Waals surface area (Å²) in [6, 6.07) is 3.94. The Morgan fingerprint density at radius 1 is 1.26 bits per heavy atom. The zero-order valence-corrected chi connectivity index (χ0v) is 12.3. The molecule has 0 saturated carbocycles. The summed E-state index contributed by atoms with van der Waals surface area (Å²) in [6.07, 6.45) is 0. The molecule has 0 atom stereocenters. The van der Waals surface area contributed by atoms with Gasteiger partial charge < -0.3 is 10.6 Å². The summed E-state index contributed by atoms with van der Waals surface area (Å²) in [4.78, 5) is 11.7. The van der Waals surface area contributed by atoms with E-state index in [9.17, 15) is 13.2 Å². The summed E-state index contributed by atoms with van der Waals surface area (Å²) in [5, 5.41) is 10.4. The molecular formula is C12H19N3O3S. The van der Waals surface area contributed by atoms with Gasteiger partial charge in [-0.25, -0.2) is 18.4 Å². The molecule has 0 aliphatic heterocycles. The number of carbonyl (C=O) groups excluding carboxylic acids is 1. The minimum Gasteiger partial charge on any atom is -0.333 e. The fourth-order valence-corrected chi connectivity index (χ4v) is 2.05. The first-order chi connectivity index (χ1) is 8.49. The number of hydrogen-bond donors (Lipinski definition) is 3. The van der Waals surface area contributed by atoms with E-state index in [0.717, 1.165) is 0 Å². The number of benzene rings is 1. The molecule has 0 saturated heterocycles. The smallest absolute Gasteiger partial charge is 0.319 e. The minimum absolute atomic E-state index is 0.0202.